The number of rotatable bonds is 9. The fourth-order valence-electron chi connectivity index (χ4n) is 4.28. The Hall–Kier alpha value is -2.74. The number of anilines is 1. The molecule has 0 radical (unpaired) electrons. The number of nitrogens with zero attached hydrogens (tertiary/aromatic N) is 4. The number of carbonyl (C=O) groups is 2. The van der Waals surface area contributed by atoms with Crippen molar-refractivity contribution in [2.75, 3.05) is 18.5 Å². The van der Waals surface area contributed by atoms with Gasteiger partial charge >= 0.3 is 5.97 Å². The van der Waals surface area contributed by atoms with Crippen LogP contribution >= 0.6 is 11.6 Å². The molecule has 1 aliphatic carbocycles. The molecule has 4 unspecified atom stereocenters. The van der Waals surface area contributed by atoms with E-state index in [1.165, 1.54) is 12.8 Å². The van der Waals surface area contributed by atoms with E-state index in [9.17, 15) is 9.59 Å². The monoisotopic (exact) mass is 475 g/mol. The number of esters is 1. The van der Waals surface area contributed by atoms with Crippen molar-refractivity contribution in [2.24, 2.45) is 5.92 Å². The summed E-state index contributed by atoms with van der Waals surface area (Å²) in [5, 5.41) is 3.55. The smallest absolute Gasteiger partial charge is 0.342 e. The van der Waals surface area contributed by atoms with Crippen LogP contribution in [0.2, 0.25) is 5.28 Å². The molecule has 1 saturated carbocycles. The fourth-order valence-corrected chi connectivity index (χ4v) is 4.45. The van der Waals surface area contributed by atoms with Crippen LogP contribution in [-0.2, 0) is 23.8 Å². The van der Waals surface area contributed by atoms with E-state index in [1.54, 1.807) is 17.8 Å². The van der Waals surface area contributed by atoms with E-state index >= 15 is 0 Å². The van der Waals surface area contributed by atoms with E-state index in [0.29, 0.717) is 35.7 Å². The van der Waals surface area contributed by atoms with E-state index in [2.05, 4.69) is 26.2 Å². The van der Waals surface area contributed by atoms with Gasteiger partial charge in [-0.1, -0.05) is 12.8 Å². The number of nitrogens with one attached hydrogen (secondary N) is 1. The van der Waals surface area contributed by atoms with Crippen LogP contribution in [0.1, 0.15) is 45.3 Å². The van der Waals surface area contributed by atoms with Crippen LogP contribution in [0.5, 0.6) is 0 Å². The Labute approximate surface area is 196 Å². The quantitative estimate of drug-likeness (QED) is 0.192. The van der Waals surface area contributed by atoms with Crippen LogP contribution in [-0.4, -0.2) is 63.2 Å². The van der Waals surface area contributed by atoms with Crippen LogP contribution < -0.4 is 5.32 Å². The molecule has 2 aliphatic rings. The summed E-state index contributed by atoms with van der Waals surface area (Å²) in [6.07, 6.45) is 10.4. The summed E-state index contributed by atoms with van der Waals surface area (Å²) >= 11 is 6.21. The van der Waals surface area contributed by atoms with Crippen LogP contribution in [0.4, 0.5) is 5.82 Å². The van der Waals surface area contributed by atoms with Gasteiger partial charge in [0.1, 0.15) is 6.23 Å². The maximum Gasteiger partial charge on any atom is 0.342 e. The van der Waals surface area contributed by atoms with Crippen molar-refractivity contribution in [3.05, 3.63) is 11.6 Å². The Balaban J connectivity index is 1.50. The molecular weight excluding hydrogens is 450 g/mol. The summed E-state index contributed by atoms with van der Waals surface area (Å²) < 4.78 is 18.2. The second-order valence-corrected chi connectivity index (χ2v) is 8.41. The summed E-state index contributed by atoms with van der Waals surface area (Å²) in [6.45, 7) is 1.76. The predicted molar refractivity (Wildman–Crippen MR) is 119 cm³/mol. The van der Waals surface area contributed by atoms with Crippen molar-refractivity contribution in [1.82, 2.24) is 19.5 Å². The third-order valence-electron chi connectivity index (χ3n) is 5.93. The summed E-state index contributed by atoms with van der Waals surface area (Å²) in [7, 11) is 0. The SMILES string of the molecule is C#CC1CC(n2cnc3c(NC4CCCC4)nc(Cl)nc32)OC1COC(C=O)C(=O)OCC. The average Bonchev–Trinajstić information content (AvgIpc) is 3.54. The van der Waals surface area contributed by atoms with Crippen molar-refractivity contribution in [1.29, 1.82) is 0 Å². The number of aromatic nitrogens is 4. The van der Waals surface area contributed by atoms with E-state index in [-0.39, 0.29) is 24.4 Å². The Bertz CT molecular complexity index is 1050. The molecule has 33 heavy (non-hydrogen) atoms. The average molecular weight is 476 g/mol. The molecule has 2 aromatic rings. The minimum atomic E-state index is -1.32. The number of hydrogen-bond donors (Lipinski definition) is 1. The number of carbonyl (C=O) groups excluding carboxylic acids is 2. The molecule has 1 N–H and O–H groups in total. The second kappa shape index (κ2) is 10.5. The number of terminal acetylenes is 1. The van der Waals surface area contributed by atoms with Gasteiger partial charge in [0.15, 0.2) is 23.3 Å². The van der Waals surface area contributed by atoms with E-state index < -0.39 is 24.4 Å². The highest BCUT2D eigenvalue weighted by atomic mass is 35.5. The Morgan fingerprint density at radius 2 is 2.24 bits per heavy atom. The zero-order chi connectivity index (χ0) is 23.4. The molecule has 4 rings (SSSR count). The lowest BCUT2D eigenvalue weighted by molar-refractivity contribution is -0.161. The molecule has 10 nitrogen and oxygen atoms in total. The van der Waals surface area contributed by atoms with Gasteiger partial charge in [-0.15, -0.1) is 12.3 Å². The van der Waals surface area contributed by atoms with Crippen LogP contribution in [0, 0.1) is 18.3 Å². The minimum absolute atomic E-state index is 0.0373. The van der Waals surface area contributed by atoms with Crippen LogP contribution in [0.25, 0.3) is 11.2 Å². The van der Waals surface area contributed by atoms with Crippen LogP contribution in [0.15, 0.2) is 6.33 Å². The molecule has 0 aromatic carbocycles. The Morgan fingerprint density at radius 3 is 2.94 bits per heavy atom. The van der Waals surface area contributed by atoms with Gasteiger partial charge in [0.2, 0.25) is 11.4 Å². The first-order valence-electron chi connectivity index (χ1n) is 11.1. The predicted octanol–water partition coefficient (Wildman–Crippen LogP) is 2.52. The third-order valence-corrected chi connectivity index (χ3v) is 6.10. The highest BCUT2D eigenvalue weighted by Gasteiger charge is 2.37. The van der Waals surface area contributed by atoms with Gasteiger partial charge in [-0.05, 0) is 31.4 Å². The summed E-state index contributed by atoms with van der Waals surface area (Å²) in [5.74, 6) is 2.27. The van der Waals surface area contributed by atoms with Crippen molar-refractivity contribution in [3.8, 4) is 12.3 Å². The summed E-state index contributed by atoms with van der Waals surface area (Å²) in [5.41, 5.74) is 1.14. The molecule has 11 heteroatoms. The minimum Gasteiger partial charge on any atom is -0.464 e. The molecule has 0 spiro atoms. The molecule has 3 heterocycles. The van der Waals surface area contributed by atoms with Gasteiger partial charge in [-0.2, -0.15) is 9.97 Å². The number of fused-ring (bicyclic) bond motifs is 1. The van der Waals surface area contributed by atoms with Crippen molar-refractivity contribution in [2.45, 2.75) is 63.5 Å². The Kier molecular flexibility index (Phi) is 7.42. The van der Waals surface area contributed by atoms with Crippen molar-refractivity contribution < 1.29 is 23.8 Å². The zero-order valence-electron chi connectivity index (χ0n) is 18.3. The highest BCUT2D eigenvalue weighted by Crippen LogP contribution is 2.36. The first-order chi connectivity index (χ1) is 16.0. The number of aldehydes is 1. The molecule has 0 amide bonds. The summed E-state index contributed by atoms with van der Waals surface area (Å²) in [6, 6.07) is 0.338. The van der Waals surface area contributed by atoms with Gasteiger partial charge in [0, 0.05) is 12.5 Å². The van der Waals surface area contributed by atoms with E-state index in [0.717, 1.165) is 12.8 Å². The molecule has 4 atom stereocenters. The largest absolute Gasteiger partial charge is 0.464 e. The Morgan fingerprint density at radius 1 is 1.45 bits per heavy atom. The fraction of sp³-hybridized carbons (Fsp3) is 0.591. The molecular formula is C22H26ClN5O5. The normalized spacial score (nSPS) is 24.0. The molecule has 176 valence electrons. The number of halogens is 1. The molecule has 1 saturated heterocycles. The van der Waals surface area contributed by atoms with Gasteiger partial charge in [-0.3, -0.25) is 9.36 Å². The highest BCUT2D eigenvalue weighted by molar-refractivity contribution is 6.28. The zero-order valence-corrected chi connectivity index (χ0v) is 19.0. The molecule has 2 fully saturated rings. The molecule has 0 bridgehead atoms. The first-order valence-corrected chi connectivity index (χ1v) is 11.4. The third kappa shape index (κ3) is 5.11. The molecule has 2 aromatic heterocycles. The van der Waals surface area contributed by atoms with Gasteiger partial charge in [0.25, 0.3) is 0 Å². The van der Waals surface area contributed by atoms with Gasteiger partial charge in [0.05, 0.1) is 31.6 Å². The lowest BCUT2D eigenvalue weighted by Gasteiger charge is -2.18. The molecule has 1 aliphatic heterocycles. The summed E-state index contributed by atoms with van der Waals surface area (Å²) in [4.78, 5) is 36.2. The number of ether oxygens (including phenoxy) is 3. The van der Waals surface area contributed by atoms with Gasteiger partial charge in [-0.25, -0.2) is 9.78 Å². The standard InChI is InChI=1S/C22H26ClN5O5/c1-3-13-9-17(33-16(13)11-32-15(10-29)21(30)31-4-2)28-12-24-18-19(25-14-7-5-6-8-14)26-22(23)27-20(18)28/h1,10,12-17H,4-9,11H2,2H3,(H,25,26,27). The lowest BCUT2D eigenvalue weighted by Crippen LogP contribution is -2.32. The lowest BCUT2D eigenvalue weighted by atomic mass is 10.0. The number of imidazole rings is 1. The van der Waals surface area contributed by atoms with E-state index in [1.807, 2.05) is 0 Å². The second-order valence-electron chi connectivity index (χ2n) is 8.07. The van der Waals surface area contributed by atoms with Crippen molar-refractivity contribution in [3.63, 3.8) is 0 Å². The van der Waals surface area contributed by atoms with Gasteiger partial charge < -0.3 is 19.5 Å². The topological polar surface area (TPSA) is 117 Å². The first kappa shape index (κ1) is 23.4. The van der Waals surface area contributed by atoms with E-state index in [4.69, 9.17) is 32.2 Å². The maximum atomic E-state index is 11.8. The maximum absolute atomic E-state index is 11.8. The van der Waals surface area contributed by atoms with Crippen molar-refractivity contribution >= 4 is 40.8 Å². The van der Waals surface area contributed by atoms with Crippen LogP contribution in [0.3, 0.4) is 0 Å². The number of hydrogen-bond acceptors (Lipinski definition) is 9.